The lowest BCUT2D eigenvalue weighted by atomic mass is 9.74. The van der Waals surface area contributed by atoms with Crippen LogP contribution in [0.2, 0.25) is 0 Å². The fourth-order valence-corrected chi connectivity index (χ4v) is 3.32. The van der Waals surface area contributed by atoms with Gasteiger partial charge in [-0.2, -0.15) is 0 Å². The molecule has 0 radical (unpaired) electrons. The quantitative estimate of drug-likeness (QED) is 0.797. The number of aryl methyl sites for hydroxylation is 1. The second kappa shape index (κ2) is 7.61. The highest BCUT2D eigenvalue weighted by Crippen LogP contribution is 2.35. The molecule has 0 saturated carbocycles. The van der Waals surface area contributed by atoms with Crippen LogP contribution in [0.1, 0.15) is 32.6 Å². The molecule has 7 nitrogen and oxygen atoms in total. The van der Waals surface area contributed by atoms with Crippen LogP contribution < -0.4 is 5.56 Å². The summed E-state index contributed by atoms with van der Waals surface area (Å²) in [4.78, 5) is 37.3. The average molecular weight is 336 g/mol. The molecule has 132 valence electrons. The Hall–Kier alpha value is -2.15. The van der Waals surface area contributed by atoms with Crippen LogP contribution in [0.15, 0.2) is 29.2 Å². The predicted molar refractivity (Wildman–Crippen MR) is 87.5 cm³/mol. The zero-order chi connectivity index (χ0) is 17.7. The lowest BCUT2D eigenvalue weighted by molar-refractivity contribution is -0.167. The van der Waals surface area contributed by atoms with E-state index in [0.29, 0.717) is 19.4 Å². The molecule has 2 rings (SSSR count). The van der Waals surface area contributed by atoms with E-state index in [1.807, 2.05) is 6.92 Å². The van der Waals surface area contributed by atoms with Crippen LogP contribution in [0.4, 0.5) is 0 Å². The molecule has 2 heterocycles. The van der Waals surface area contributed by atoms with Gasteiger partial charge in [0.05, 0.1) is 6.10 Å². The molecule has 1 fully saturated rings. The summed E-state index contributed by atoms with van der Waals surface area (Å²) in [6.07, 6.45) is 1.99. The third-order valence-electron chi connectivity index (χ3n) is 4.72. The first kappa shape index (κ1) is 18.2. The smallest absolute Gasteiger partial charge is 0.314 e. The zero-order valence-electron chi connectivity index (χ0n) is 13.9. The number of carboxylic acid groups (broad SMARTS) is 1. The van der Waals surface area contributed by atoms with Crippen LogP contribution in [-0.4, -0.2) is 50.8 Å². The molecule has 2 N–H and O–H groups in total. The highest BCUT2D eigenvalue weighted by molar-refractivity contribution is 5.80. The molecule has 0 spiro atoms. The molecule has 0 bridgehead atoms. The molecule has 0 unspecified atom stereocenters. The molecule has 1 aromatic rings. The summed E-state index contributed by atoms with van der Waals surface area (Å²) in [6.45, 7) is 2.47. The van der Waals surface area contributed by atoms with Crippen LogP contribution in [0.25, 0.3) is 0 Å². The number of aliphatic hydroxyl groups is 1. The number of rotatable bonds is 6. The number of aromatic nitrogens is 1. The number of aliphatic carboxylic acids is 1. The molecule has 24 heavy (non-hydrogen) atoms. The van der Waals surface area contributed by atoms with Crippen LogP contribution in [0.3, 0.4) is 0 Å². The topological polar surface area (TPSA) is 99.8 Å². The molecule has 7 heteroatoms. The summed E-state index contributed by atoms with van der Waals surface area (Å²) in [6, 6.07) is 4.79. The van der Waals surface area contributed by atoms with E-state index in [4.69, 9.17) is 0 Å². The van der Waals surface area contributed by atoms with E-state index in [-0.39, 0.29) is 37.4 Å². The first-order chi connectivity index (χ1) is 11.4. The van der Waals surface area contributed by atoms with Crippen molar-refractivity contribution in [1.82, 2.24) is 9.47 Å². The highest BCUT2D eigenvalue weighted by Gasteiger charge is 2.49. The Kier molecular flexibility index (Phi) is 5.77. The molecular weight excluding hydrogens is 312 g/mol. The minimum absolute atomic E-state index is 0.0138. The number of likely N-dealkylation sites (tertiary alicyclic amines) is 1. The molecule has 0 aromatic carbocycles. The number of piperidine rings is 1. The van der Waals surface area contributed by atoms with Crippen LogP contribution in [0.5, 0.6) is 0 Å². The molecule has 1 saturated heterocycles. The number of carbonyl (C=O) groups excluding carboxylic acids is 1. The number of carbonyl (C=O) groups is 2. The van der Waals surface area contributed by atoms with E-state index in [0.717, 1.165) is 0 Å². The van der Waals surface area contributed by atoms with Gasteiger partial charge in [-0.05, 0) is 18.9 Å². The van der Waals surface area contributed by atoms with Gasteiger partial charge in [0, 0.05) is 38.3 Å². The number of pyridine rings is 1. The summed E-state index contributed by atoms with van der Waals surface area (Å²) in [5, 5.41) is 19.8. The Morgan fingerprint density at radius 3 is 2.75 bits per heavy atom. The van der Waals surface area contributed by atoms with Gasteiger partial charge in [-0.15, -0.1) is 0 Å². The lowest BCUT2D eigenvalue weighted by Gasteiger charge is -2.43. The van der Waals surface area contributed by atoms with Gasteiger partial charge in [0.25, 0.3) is 5.56 Å². The third kappa shape index (κ3) is 3.67. The van der Waals surface area contributed by atoms with E-state index in [2.05, 4.69) is 0 Å². The van der Waals surface area contributed by atoms with Gasteiger partial charge < -0.3 is 19.7 Å². The van der Waals surface area contributed by atoms with Crippen LogP contribution >= 0.6 is 0 Å². The molecule has 1 aliphatic rings. The van der Waals surface area contributed by atoms with Gasteiger partial charge in [0.15, 0.2) is 0 Å². The van der Waals surface area contributed by atoms with Crippen molar-refractivity contribution in [3.8, 4) is 0 Å². The van der Waals surface area contributed by atoms with Crippen molar-refractivity contribution >= 4 is 11.9 Å². The lowest BCUT2D eigenvalue weighted by Crippen LogP contribution is -2.57. The largest absolute Gasteiger partial charge is 0.481 e. The number of hydrogen-bond donors (Lipinski definition) is 2. The van der Waals surface area contributed by atoms with Crippen molar-refractivity contribution in [2.75, 3.05) is 13.1 Å². The summed E-state index contributed by atoms with van der Waals surface area (Å²) < 4.78 is 1.45. The Morgan fingerprint density at radius 1 is 1.38 bits per heavy atom. The van der Waals surface area contributed by atoms with Crippen molar-refractivity contribution in [1.29, 1.82) is 0 Å². The molecule has 2 atom stereocenters. The molecule has 0 aliphatic carbocycles. The number of amides is 1. The average Bonchev–Trinajstić information content (AvgIpc) is 2.56. The second-order valence-electron chi connectivity index (χ2n) is 6.31. The van der Waals surface area contributed by atoms with Crippen molar-refractivity contribution in [3.63, 3.8) is 0 Å². The maximum absolute atomic E-state index is 12.4. The van der Waals surface area contributed by atoms with E-state index >= 15 is 0 Å². The Labute approximate surface area is 140 Å². The Balaban J connectivity index is 2.06. The fourth-order valence-electron chi connectivity index (χ4n) is 3.32. The number of carboxylic acids is 1. The fraction of sp³-hybridized carbons (Fsp3) is 0.588. The SMILES string of the molecule is CCC[C@@]1(C(=O)O)CN(C(=O)CCn2ccccc2=O)CC[C@@H]1O. The first-order valence-corrected chi connectivity index (χ1v) is 8.25. The standard InChI is InChI=1S/C17H24N2O5/c1-2-8-17(16(23)24)12-19(10-6-13(17)20)15(22)7-11-18-9-4-3-5-14(18)21/h3-5,9,13,20H,2,6-8,10-12H2,1H3,(H,23,24)/t13-,17+/m0/s1. The normalized spacial score (nSPS) is 23.9. The molecule has 1 amide bonds. The minimum Gasteiger partial charge on any atom is -0.481 e. The maximum atomic E-state index is 12.4. The van der Waals surface area contributed by atoms with Gasteiger partial charge >= 0.3 is 5.97 Å². The van der Waals surface area contributed by atoms with Gasteiger partial charge in [-0.1, -0.05) is 19.4 Å². The summed E-state index contributed by atoms with van der Waals surface area (Å²) >= 11 is 0. The van der Waals surface area contributed by atoms with E-state index in [1.165, 1.54) is 15.5 Å². The Morgan fingerprint density at radius 2 is 2.12 bits per heavy atom. The van der Waals surface area contributed by atoms with Crippen molar-refractivity contribution < 1.29 is 19.8 Å². The first-order valence-electron chi connectivity index (χ1n) is 8.25. The summed E-state index contributed by atoms with van der Waals surface area (Å²) in [5.74, 6) is -1.26. The van der Waals surface area contributed by atoms with Gasteiger partial charge in [-0.25, -0.2) is 0 Å². The predicted octanol–water partition coefficient (Wildman–Crippen LogP) is 0.703. The van der Waals surface area contributed by atoms with Gasteiger partial charge in [0.1, 0.15) is 5.41 Å². The summed E-state index contributed by atoms with van der Waals surface area (Å²) in [7, 11) is 0. The second-order valence-corrected chi connectivity index (χ2v) is 6.31. The molecular formula is C17H24N2O5. The maximum Gasteiger partial charge on any atom is 0.314 e. The Bertz CT molecular complexity index is 656. The summed E-state index contributed by atoms with van der Waals surface area (Å²) in [5.41, 5.74) is -1.48. The third-order valence-corrected chi connectivity index (χ3v) is 4.72. The molecule has 1 aliphatic heterocycles. The number of aliphatic hydroxyl groups excluding tert-OH is 1. The van der Waals surface area contributed by atoms with E-state index in [1.54, 1.807) is 18.3 Å². The van der Waals surface area contributed by atoms with Crippen molar-refractivity contribution in [2.24, 2.45) is 5.41 Å². The van der Waals surface area contributed by atoms with Crippen molar-refractivity contribution in [3.05, 3.63) is 34.7 Å². The van der Waals surface area contributed by atoms with Gasteiger partial charge in [-0.3, -0.25) is 14.4 Å². The van der Waals surface area contributed by atoms with E-state index < -0.39 is 17.5 Å². The molecule has 1 aromatic heterocycles. The number of hydrogen-bond acceptors (Lipinski definition) is 4. The van der Waals surface area contributed by atoms with E-state index in [9.17, 15) is 24.6 Å². The highest BCUT2D eigenvalue weighted by atomic mass is 16.4. The van der Waals surface area contributed by atoms with Gasteiger partial charge in [0.2, 0.25) is 5.91 Å². The monoisotopic (exact) mass is 336 g/mol. The van der Waals surface area contributed by atoms with Crippen molar-refractivity contribution in [2.45, 2.75) is 45.3 Å². The zero-order valence-corrected chi connectivity index (χ0v) is 13.9. The van der Waals surface area contributed by atoms with Crippen LogP contribution in [0, 0.1) is 5.41 Å². The minimum atomic E-state index is -1.30. The van der Waals surface area contributed by atoms with Crippen LogP contribution in [-0.2, 0) is 16.1 Å². The number of nitrogens with zero attached hydrogens (tertiary/aromatic N) is 2.